The van der Waals surface area contributed by atoms with Crippen molar-refractivity contribution >= 4 is 17.7 Å². The summed E-state index contributed by atoms with van der Waals surface area (Å²) in [7, 11) is 1.91. The van der Waals surface area contributed by atoms with Crippen LogP contribution in [0.25, 0.3) is 0 Å². The molecule has 1 amide bonds. The summed E-state index contributed by atoms with van der Waals surface area (Å²) in [5, 5.41) is 10.8. The molecule has 8 heteroatoms. The SMILES string of the molecule is CN1CSC[C@H]1C(=O)N1CCC(O)(c2cccc(C(F)(F)F)c2)CC1. The van der Waals surface area contributed by atoms with Crippen molar-refractivity contribution in [3.63, 3.8) is 0 Å². The fourth-order valence-electron chi connectivity index (χ4n) is 3.37. The van der Waals surface area contributed by atoms with Crippen molar-refractivity contribution in [2.75, 3.05) is 31.8 Å². The number of likely N-dealkylation sites (tertiary alicyclic amines) is 1. The Morgan fingerprint density at radius 2 is 2.00 bits per heavy atom. The molecule has 0 aliphatic carbocycles. The Bertz CT molecular complexity index is 645. The molecule has 1 aromatic carbocycles. The summed E-state index contributed by atoms with van der Waals surface area (Å²) in [6.45, 7) is 0.696. The third-order valence-electron chi connectivity index (χ3n) is 5.02. The van der Waals surface area contributed by atoms with E-state index in [4.69, 9.17) is 0 Å². The van der Waals surface area contributed by atoms with Crippen LogP contribution in [0, 0.1) is 0 Å². The Balaban J connectivity index is 1.69. The Hall–Kier alpha value is -1.25. The van der Waals surface area contributed by atoms with Gasteiger partial charge in [-0.2, -0.15) is 13.2 Å². The third-order valence-corrected chi connectivity index (χ3v) is 6.16. The summed E-state index contributed by atoms with van der Waals surface area (Å²) in [5.74, 6) is 1.61. The topological polar surface area (TPSA) is 43.8 Å². The average molecular weight is 374 g/mol. The van der Waals surface area contributed by atoms with Crippen molar-refractivity contribution in [2.45, 2.75) is 30.7 Å². The summed E-state index contributed by atoms with van der Waals surface area (Å²) >= 11 is 1.71. The van der Waals surface area contributed by atoms with E-state index >= 15 is 0 Å². The fourth-order valence-corrected chi connectivity index (χ4v) is 4.56. The van der Waals surface area contributed by atoms with Gasteiger partial charge < -0.3 is 10.0 Å². The Labute approximate surface area is 149 Å². The monoisotopic (exact) mass is 374 g/mol. The predicted molar refractivity (Wildman–Crippen MR) is 90.0 cm³/mol. The van der Waals surface area contributed by atoms with E-state index in [1.807, 2.05) is 11.9 Å². The lowest BCUT2D eigenvalue weighted by atomic mass is 9.83. The number of aliphatic hydroxyl groups is 1. The number of piperidine rings is 1. The van der Waals surface area contributed by atoms with Crippen LogP contribution in [0.4, 0.5) is 13.2 Å². The molecule has 0 spiro atoms. The number of benzene rings is 1. The molecule has 2 heterocycles. The maximum absolute atomic E-state index is 12.9. The van der Waals surface area contributed by atoms with Gasteiger partial charge in [0.2, 0.25) is 5.91 Å². The zero-order chi connectivity index (χ0) is 18.2. The highest BCUT2D eigenvalue weighted by atomic mass is 32.2. The van der Waals surface area contributed by atoms with Gasteiger partial charge in [0.25, 0.3) is 0 Å². The molecule has 1 aromatic rings. The molecule has 2 aliphatic heterocycles. The second kappa shape index (κ2) is 6.81. The van der Waals surface area contributed by atoms with Gasteiger partial charge in [-0.05, 0) is 37.6 Å². The minimum absolute atomic E-state index is 0.0404. The van der Waals surface area contributed by atoms with Crippen LogP contribution in [-0.4, -0.2) is 58.6 Å². The molecule has 3 rings (SSSR count). The Morgan fingerprint density at radius 3 is 2.56 bits per heavy atom. The van der Waals surface area contributed by atoms with Gasteiger partial charge in [-0.3, -0.25) is 9.69 Å². The summed E-state index contributed by atoms with van der Waals surface area (Å²) in [5.41, 5.74) is -1.82. The summed E-state index contributed by atoms with van der Waals surface area (Å²) in [6.07, 6.45) is -3.96. The van der Waals surface area contributed by atoms with E-state index in [2.05, 4.69) is 0 Å². The van der Waals surface area contributed by atoms with Gasteiger partial charge in [0.15, 0.2) is 0 Å². The van der Waals surface area contributed by atoms with Gasteiger partial charge in [-0.25, -0.2) is 0 Å². The molecule has 0 unspecified atom stereocenters. The molecule has 2 saturated heterocycles. The molecule has 2 aliphatic rings. The number of halogens is 3. The number of amides is 1. The van der Waals surface area contributed by atoms with Crippen molar-refractivity contribution in [3.05, 3.63) is 35.4 Å². The fraction of sp³-hybridized carbons (Fsp3) is 0.588. The van der Waals surface area contributed by atoms with Gasteiger partial charge in [-0.1, -0.05) is 12.1 Å². The number of carbonyl (C=O) groups excluding carboxylic acids is 1. The molecule has 0 bridgehead atoms. The molecule has 0 aromatic heterocycles. The van der Waals surface area contributed by atoms with Gasteiger partial charge in [0, 0.05) is 24.7 Å². The van der Waals surface area contributed by atoms with Crippen molar-refractivity contribution in [3.8, 4) is 0 Å². The van der Waals surface area contributed by atoms with Crippen molar-refractivity contribution < 1.29 is 23.1 Å². The van der Waals surface area contributed by atoms with E-state index in [0.29, 0.717) is 13.1 Å². The number of hydrogen-bond acceptors (Lipinski definition) is 4. The first-order valence-electron chi connectivity index (χ1n) is 8.18. The smallest absolute Gasteiger partial charge is 0.385 e. The zero-order valence-corrected chi connectivity index (χ0v) is 14.7. The highest BCUT2D eigenvalue weighted by molar-refractivity contribution is 7.99. The van der Waals surface area contributed by atoms with Gasteiger partial charge in [-0.15, -0.1) is 11.8 Å². The molecule has 1 atom stereocenters. The van der Waals surface area contributed by atoms with Crippen LogP contribution >= 0.6 is 11.8 Å². The maximum atomic E-state index is 12.9. The van der Waals surface area contributed by atoms with Crippen LogP contribution in [0.15, 0.2) is 24.3 Å². The highest BCUT2D eigenvalue weighted by Gasteiger charge is 2.40. The number of thioether (sulfide) groups is 1. The lowest BCUT2D eigenvalue weighted by molar-refractivity contribution is -0.139. The average Bonchev–Trinajstić information content (AvgIpc) is 3.00. The first kappa shape index (κ1) is 18.5. The van der Waals surface area contributed by atoms with Crippen LogP contribution < -0.4 is 0 Å². The normalized spacial score (nSPS) is 24.5. The number of rotatable bonds is 2. The molecule has 2 fully saturated rings. The van der Waals surface area contributed by atoms with Crippen molar-refractivity contribution in [1.29, 1.82) is 0 Å². The Morgan fingerprint density at radius 1 is 1.32 bits per heavy atom. The number of hydrogen-bond donors (Lipinski definition) is 1. The van der Waals surface area contributed by atoms with Crippen LogP contribution in [-0.2, 0) is 16.6 Å². The molecule has 25 heavy (non-hydrogen) atoms. The van der Waals surface area contributed by atoms with E-state index in [1.54, 1.807) is 16.7 Å². The minimum Gasteiger partial charge on any atom is -0.385 e. The van der Waals surface area contributed by atoms with E-state index in [9.17, 15) is 23.1 Å². The minimum atomic E-state index is -4.44. The number of likely N-dealkylation sites (N-methyl/N-ethyl adjacent to an activating group) is 1. The second-order valence-electron chi connectivity index (χ2n) is 6.71. The van der Waals surface area contributed by atoms with Crippen LogP contribution in [0.3, 0.4) is 0 Å². The van der Waals surface area contributed by atoms with E-state index in [1.165, 1.54) is 12.1 Å². The van der Waals surface area contributed by atoms with Gasteiger partial charge in [0.1, 0.15) is 0 Å². The lowest BCUT2D eigenvalue weighted by Gasteiger charge is -2.40. The second-order valence-corrected chi connectivity index (χ2v) is 7.71. The van der Waals surface area contributed by atoms with Crippen molar-refractivity contribution in [2.24, 2.45) is 0 Å². The van der Waals surface area contributed by atoms with Crippen molar-refractivity contribution in [1.82, 2.24) is 9.80 Å². The molecule has 0 radical (unpaired) electrons. The zero-order valence-electron chi connectivity index (χ0n) is 13.9. The third kappa shape index (κ3) is 3.80. The largest absolute Gasteiger partial charge is 0.416 e. The first-order chi connectivity index (χ1) is 11.7. The quantitative estimate of drug-likeness (QED) is 0.864. The number of alkyl halides is 3. The van der Waals surface area contributed by atoms with E-state index < -0.39 is 17.3 Å². The number of carbonyl (C=O) groups is 1. The summed E-state index contributed by atoms with van der Waals surface area (Å²) in [4.78, 5) is 16.3. The van der Waals surface area contributed by atoms with Gasteiger partial charge >= 0.3 is 6.18 Å². The lowest BCUT2D eigenvalue weighted by Crippen LogP contribution is -2.51. The first-order valence-corrected chi connectivity index (χ1v) is 9.33. The molecular weight excluding hydrogens is 353 g/mol. The van der Waals surface area contributed by atoms with E-state index in [0.717, 1.165) is 23.8 Å². The molecule has 138 valence electrons. The highest BCUT2D eigenvalue weighted by Crippen LogP contribution is 2.37. The van der Waals surface area contributed by atoms with Crippen LogP contribution in [0.5, 0.6) is 0 Å². The summed E-state index contributed by atoms with van der Waals surface area (Å²) in [6, 6.07) is 4.70. The number of nitrogens with zero attached hydrogens (tertiary/aromatic N) is 2. The molecule has 4 nitrogen and oxygen atoms in total. The maximum Gasteiger partial charge on any atom is 0.416 e. The summed E-state index contributed by atoms with van der Waals surface area (Å²) < 4.78 is 38.7. The standard InChI is InChI=1S/C17H21F3N2O2S/c1-21-11-25-10-14(21)15(23)22-7-5-16(24,6-8-22)12-3-2-4-13(9-12)17(18,19)20/h2-4,9,14,24H,5-8,10-11H2,1H3/t14-/m0/s1. The van der Waals surface area contributed by atoms with Crippen LogP contribution in [0.1, 0.15) is 24.0 Å². The van der Waals surface area contributed by atoms with E-state index in [-0.39, 0.29) is 30.4 Å². The molecular formula is C17H21F3N2O2S. The Kier molecular flexibility index (Phi) is 5.05. The molecule has 1 N–H and O–H groups in total. The van der Waals surface area contributed by atoms with Gasteiger partial charge in [0.05, 0.1) is 17.2 Å². The molecule has 0 saturated carbocycles. The predicted octanol–water partition coefficient (Wildman–Crippen LogP) is 2.52. The van der Waals surface area contributed by atoms with Crippen LogP contribution in [0.2, 0.25) is 0 Å².